The Morgan fingerprint density at radius 1 is 1.64 bits per heavy atom. The molecular weight excluding hydrogens is 142 g/mol. The largest absolute Gasteiger partial charge is 0.386 e. The maximum Gasteiger partial charge on any atom is 0.108 e. The molecule has 0 spiro atoms. The number of nitrogens with zero attached hydrogens (tertiary/aromatic N) is 2. The van der Waals surface area contributed by atoms with Crippen LogP contribution in [0.3, 0.4) is 0 Å². The standard InChI is InChI=1S/C7H15N3O.H2/c1-9-7(8)6-10-2-4-11-5-3-10;/h2-6H2,1H3,(H2,8,9);1H. The predicted octanol–water partition coefficient (Wildman–Crippen LogP) is -0.448. The zero-order chi connectivity index (χ0) is 8.10. The second kappa shape index (κ2) is 4.31. The van der Waals surface area contributed by atoms with Crippen molar-refractivity contribution < 1.29 is 6.16 Å². The van der Waals surface area contributed by atoms with Gasteiger partial charge in [0.25, 0.3) is 0 Å². The van der Waals surface area contributed by atoms with E-state index in [4.69, 9.17) is 10.5 Å². The van der Waals surface area contributed by atoms with Crippen molar-refractivity contribution in [3.8, 4) is 0 Å². The lowest BCUT2D eigenvalue weighted by Gasteiger charge is -2.25. The van der Waals surface area contributed by atoms with Crippen LogP contribution in [0, 0.1) is 0 Å². The highest BCUT2D eigenvalue weighted by Crippen LogP contribution is 1.94. The Hall–Kier alpha value is -0.610. The first-order chi connectivity index (χ1) is 5.33. The summed E-state index contributed by atoms with van der Waals surface area (Å²) in [6.07, 6.45) is 0. The van der Waals surface area contributed by atoms with E-state index in [2.05, 4.69) is 9.89 Å². The number of amidine groups is 1. The summed E-state index contributed by atoms with van der Waals surface area (Å²) in [7, 11) is 1.72. The van der Waals surface area contributed by atoms with E-state index in [1.807, 2.05) is 0 Å². The molecule has 1 saturated heterocycles. The van der Waals surface area contributed by atoms with Crippen LogP contribution in [0.2, 0.25) is 0 Å². The van der Waals surface area contributed by atoms with Crippen molar-refractivity contribution in [2.24, 2.45) is 10.7 Å². The molecular formula is C7H17N3O. The summed E-state index contributed by atoms with van der Waals surface area (Å²) in [6.45, 7) is 4.35. The lowest BCUT2D eigenvalue weighted by molar-refractivity contribution is 0.0452. The molecule has 0 aromatic heterocycles. The molecule has 0 bridgehead atoms. The smallest absolute Gasteiger partial charge is 0.108 e. The molecule has 1 heterocycles. The number of rotatable bonds is 2. The first kappa shape index (κ1) is 8.49. The van der Waals surface area contributed by atoms with Gasteiger partial charge in [-0.3, -0.25) is 9.89 Å². The zero-order valence-electron chi connectivity index (χ0n) is 6.92. The van der Waals surface area contributed by atoms with E-state index in [1.54, 1.807) is 7.05 Å². The van der Waals surface area contributed by atoms with Gasteiger partial charge in [-0.1, -0.05) is 0 Å². The molecule has 1 aliphatic heterocycles. The van der Waals surface area contributed by atoms with Gasteiger partial charge in [-0.15, -0.1) is 0 Å². The fourth-order valence-electron chi connectivity index (χ4n) is 1.06. The Balaban J connectivity index is 0.00000121. The number of ether oxygens (including phenoxy) is 1. The summed E-state index contributed by atoms with van der Waals surface area (Å²) in [6, 6.07) is 0. The molecule has 2 N–H and O–H groups in total. The molecule has 0 atom stereocenters. The van der Waals surface area contributed by atoms with Crippen molar-refractivity contribution in [1.29, 1.82) is 0 Å². The van der Waals surface area contributed by atoms with Crippen molar-refractivity contribution in [3.05, 3.63) is 0 Å². The maximum atomic E-state index is 5.57. The third-order valence-corrected chi connectivity index (χ3v) is 1.78. The van der Waals surface area contributed by atoms with Gasteiger partial charge in [-0.25, -0.2) is 0 Å². The van der Waals surface area contributed by atoms with E-state index < -0.39 is 0 Å². The second-order valence-electron chi connectivity index (χ2n) is 2.60. The Bertz CT molecular complexity index is 146. The second-order valence-corrected chi connectivity index (χ2v) is 2.60. The molecule has 0 aliphatic carbocycles. The van der Waals surface area contributed by atoms with Crippen molar-refractivity contribution in [3.63, 3.8) is 0 Å². The quantitative estimate of drug-likeness (QED) is 0.438. The Morgan fingerprint density at radius 2 is 2.27 bits per heavy atom. The summed E-state index contributed by atoms with van der Waals surface area (Å²) in [4.78, 5) is 6.14. The number of aliphatic imine (C=N–C) groups is 1. The fourth-order valence-corrected chi connectivity index (χ4v) is 1.06. The number of morpholine rings is 1. The maximum absolute atomic E-state index is 5.57. The Kier molecular flexibility index (Phi) is 3.32. The molecule has 4 nitrogen and oxygen atoms in total. The Labute approximate surface area is 68.5 Å². The highest BCUT2D eigenvalue weighted by atomic mass is 16.5. The van der Waals surface area contributed by atoms with Crippen LogP contribution < -0.4 is 5.73 Å². The summed E-state index contributed by atoms with van der Waals surface area (Å²) in [5.74, 6) is 0.701. The van der Waals surface area contributed by atoms with Crippen LogP contribution in [-0.4, -0.2) is 50.6 Å². The normalized spacial score (nSPS) is 22.1. The van der Waals surface area contributed by atoms with E-state index in [0.717, 1.165) is 32.8 Å². The zero-order valence-corrected chi connectivity index (χ0v) is 6.92. The van der Waals surface area contributed by atoms with Crippen molar-refractivity contribution in [2.75, 3.05) is 39.9 Å². The summed E-state index contributed by atoms with van der Waals surface area (Å²) in [5, 5.41) is 0. The van der Waals surface area contributed by atoms with Gasteiger partial charge in [0.1, 0.15) is 5.84 Å². The van der Waals surface area contributed by atoms with Gasteiger partial charge in [0, 0.05) is 21.6 Å². The van der Waals surface area contributed by atoms with Gasteiger partial charge in [0.05, 0.1) is 19.8 Å². The number of hydrogen-bond donors (Lipinski definition) is 1. The molecule has 0 aromatic rings. The van der Waals surface area contributed by atoms with Crippen LogP contribution in [-0.2, 0) is 4.74 Å². The van der Waals surface area contributed by atoms with E-state index in [1.165, 1.54) is 0 Å². The van der Waals surface area contributed by atoms with Crippen LogP contribution in [0.4, 0.5) is 0 Å². The van der Waals surface area contributed by atoms with Gasteiger partial charge in [-0.05, 0) is 0 Å². The minimum Gasteiger partial charge on any atom is -0.386 e. The number of nitrogens with two attached hydrogens (primary N) is 1. The minimum absolute atomic E-state index is 0. The van der Waals surface area contributed by atoms with Crippen molar-refractivity contribution >= 4 is 5.84 Å². The topological polar surface area (TPSA) is 50.8 Å². The third-order valence-electron chi connectivity index (χ3n) is 1.78. The van der Waals surface area contributed by atoms with Gasteiger partial charge in [0.15, 0.2) is 0 Å². The highest BCUT2D eigenvalue weighted by molar-refractivity contribution is 5.82. The lowest BCUT2D eigenvalue weighted by Crippen LogP contribution is -2.41. The van der Waals surface area contributed by atoms with Crippen LogP contribution >= 0.6 is 0 Å². The van der Waals surface area contributed by atoms with Crippen molar-refractivity contribution in [1.82, 2.24) is 4.90 Å². The fraction of sp³-hybridized carbons (Fsp3) is 0.857. The predicted molar refractivity (Wildman–Crippen MR) is 46.9 cm³/mol. The summed E-state index contributed by atoms with van der Waals surface area (Å²) >= 11 is 0. The average molecular weight is 159 g/mol. The Morgan fingerprint density at radius 3 is 2.82 bits per heavy atom. The molecule has 0 aromatic carbocycles. The van der Waals surface area contributed by atoms with Gasteiger partial charge in [-0.2, -0.15) is 0 Å². The van der Waals surface area contributed by atoms with E-state index in [0.29, 0.717) is 5.84 Å². The van der Waals surface area contributed by atoms with E-state index >= 15 is 0 Å². The molecule has 1 fully saturated rings. The molecule has 0 amide bonds. The molecule has 66 valence electrons. The molecule has 0 radical (unpaired) electrons. The van der Waals surface area contributed by atoms with E-state index in [-0.39, 0.29) is 1.43 Å². The van der Waals surface area contributed by atoms with Gasteiger partial charge in [0.2, 0.25) is 0 Å². The highest BCUT2D eigenvalue weighted by Gasteiger charge is 2.10. The molecule has 11 heavy (non-hydrogen) atoms. The summed E-state index contributed by atoms with van der Waals surface area (Å²) in [5.41, 5.74) is 5.57. The van der Waals surface area contributed by atoms with Crippen molar-refractivity contribution in [2.45, 2.75) is 0 Å². The van der Waals surface area contributed by atoms with Crippen LogP contribution in [0.1, 0.15) is 1.43 Å². The first-order valence-electron chi connectivity index (χ1n) is 3.84. The van der Waals surface area contributed by atoms with Gasteiger partial charge >= 0.3 is 0 Å². The third kappa shape index (κ3) is 2.86. The molecule has 1 rings (SSSR count). The molecule has 0 saturated carbocycles. The first-order valence-corrected chi connectivity index (χ1v) is 3.84. The molecule has 0 unspecified atom stereocenters. The van der Waals surface area contributed by atoms with Crippen LogP contribution in [0.5, 0.6) is 0 Å². The SMILES string of the molecule is CN=C(N)CN1CCOCC1.[HH]. The lowest BCUT2D eigenvalue weighted by atomic mass is 10.4. The van der Waals surface area contributed by atoms with E-state index in [9.17, 15) is 0 Å². The average Bonchev–Trinajstić information content (AvgIpc) is 2.06. The van der Waals surface area contributed by atoms with Crippen LogP contribution in [0.25, 0.3) is 0 Å². The summed E-state index contributed by atoms with van der Waals surface area (Å²) < 4.78 is 5.19. The van der Waals surface area contributed by atoms with Gasteiger partial charge < -0.3 is 10.5 Å². The molecule has 1 aliphatic rings. The number of hydrogen-bond acceptors (Lipinski definition) is 3. The minimum atomic E-state index is 0. The monoisotopic (exact) mass is 159 g/mol. The molecule has 4 heteroatoms. The van der Waals surface area contributed by atoms with Crippen LogP contribution in [0.15, 0.2) is 4.99 Å².